The summed E-state index contributed by atoms with van der Waals surface area (Å²) in [4.78, 5) is 52.1. The number of anilines is 1. The summed E-state index contributed by atoms with van der Waals surface area (Å²) in [6, 6.07) is 3.82. The van der Waals surface area contributed by atoms with E-state index in [1.165, 1.54) is 34.4 Å². The maximum atomic E-state index is 14.4. The van der Waals surface area contributed by atoms with Crippen LogP contribution < -0.4 is 10.2 Å². The first-order chi connectivity index (χ1) is 19.7. The number of benzene rings is 1. The first kappa shape index (κ1) is 31.7. The molecular weight excluding hydrogens is 533 g/mol. The number of hydrogen-bond acceptors (Lipinski definition) is 7. The molecule has 0 bridgehead atoms. The number of carbonyl (C=O) groups excluding carboxylic acids is 4. The van der Waals surface area contributed by atoms with Gasteiger partial charge in [-0.05, 0) is 62.1 Å². The highest BCUT2D eigenvalue weighted by Gasteiger charge is 2.30. The Morgan fingerprint density at radius 2 is 2.02 bits per heavy atom. The fourth-order valence-electron chi connectivity index (χ4n) is 4.62. The Morgan fingerprint density at radius 3 is 2.66 bits per heavy atom. The van der Waals surface area contributed by atoms with E-state index in [0.717, 1.165) is 30.9 Å². The van der Waals surface area contributed by atoms with E-state index >= 15 is 0 Å². The molecule has 3 amide bonds. The van der Waals surface area contributed by atoms with Crippen molar-refractivity contribution in [2.45, 2.75) is 59.2 Å². The number of nitrogens with one attached hydrogen (secondary N) is 1. The zero-order chi connectivity index (χ0) is 29.9. The van der Waals surface area contributed by atoms with Crippen LogP contribution in [0.2, 0.25) is 0 Å². The first-order valence-electron chi connectivity index (χ1n) is 13.8. The molecule has 3 rings (SSSR count). The van der Waals surface area contributed by atoms with Gasteiger partial charge in [0.05, 0.1) is 18.8 Å². The fraction of sp³-hybridized carbons (Fsp3) is 0.467. The average molecular weight is 572 g/mol. The van der Waals surface area contributed by atoms with Crippen molar-refractivity contribution in [3.05, 3.63) is 64.7 Å². The van der Waals surface area contributed by atoms with E-state index in [1.54, 1.807) is 6.92 Å². The summed E-state index contributed by atoms with van der Waals surface area (Å²) in [5, 5.41) is 2.83. The lowest BCUT2D eigenvalue weighted by atomic mass is 10.0. The molecule has 1 aromatic carbocycles. The number of allylic oxidation sites excluding steroid dienone is 5. The number of amides is 3. The monoisotopic (exact) mass is 571 g/mol. The molecule has 1 heterocycles. The predicted molar refractivity (Wildman–Crippen MR) is 150 cm³/mol. The second-order valence-corrected chi connectivity index (χ2v) is 9.71. The van der Waals surface area contributed by atoms with E-state index in [1.807, 2.05) is 18.2 Å². The molecule has 1 saturated heterocycles. The summed E-state index contributed by atoms with van der Waals surface area (Å²) in [6.07, 6.45) is 6.71. The Morgan fingerprint density at radius 1 is 1.24 bits per heavy atom. The van der Waals surface area contributed by atoms with Crippen LogP contribution in [0.15, 0.2) is 53.3 Å². The molecule has 0 saturated carbocycles. The van der Waals surface area contributed by atoms with Crippen molar-refractivity contribution in [2.24, 2.45) is 0 Å². The van der Waals surface area contributed by atoms with E-state index in [-0.39, 0.29) is 25.4 Å². The summed E-state index contributed by atoms with van der Waals surface area (Å²) in [5.74, 6) is -2.42. The number of esters is 1. The normalized spacial score (nSPS) is 16.5. The molecule has 41 heavy (non-hydrogen) atoms. The minimum absolute atomic E-state index is 0.0310. The summed E-state index contributed by atoms with van der Waals surface area (Å²) < 4.78 is 30.7. The number of halogens is 1. The molecule has 2 unspecified atom stereocenters. The summed E-state index contributed by atoms with van der Waals surface area (Å²) >= 11 is 0. The molecule has 222 valence electrons. The molecule has 1 aliphatic heterocycles. The van der Waals surface area contributed by atoms with Crippen LogP contribution in [0, 0.1) is 5.82 Å². The van der Waals surface area contributed by atoms with Crippen molar-refractivity contribution in [3.8, 4) is 0 Å². The molecule has 2 aliphatic rings. The third-order valence-corrected chi connectivity index (χ3v) is 6.89. The second-order valence-electron chi connectivity index (χ2n) is 9.71. The topological polar surface area (TPSA) is 114 Å². The van der Waals surface area contributed by atoms with E-state index < -0.39 is 35.8 Å². The average Bonchev–Trinajstić information content (AvgIpc) is 3.42. The van der Waals surface area contributed by atoms with Crippen molar-refractivity contribution >= 4 is 29.9 Å². The van der Waals surface area contributed by atoms with Gasteiger partial charge < -0.3 is 29.3 Å². The summed E-state index contributed by atoms with van der Waals surface area (Å²) in [7, 11) is 0. The minimum atomic E-state index is -1.24. The van der Waals surface area contributed by atoms with Crippen LogP contribution in [0.5, 0.6) is 0 Å². The van der Waals surface area contributed by atoms with Gasteiger partial charge in [0.1, 0.15) is 18.7 Å². The van der Waals surface area contributed by atoms with Gasteiger partial charge in [0.15, 0.2) is 0 Å². The zero-order valence-corrected chi connectivity index (χ0v) is 24.0. The molecule has 1 fully saturated rings. The SMILES string of the molecule is CCC1=C(CC)CC=CC(NC(=O)C(OC(C)=O)C(C)OCCN(C=O)c2ccc(F)c(C(=O)N3CCOC3)c2)=C1. The number of nitrogens with zero attached hydrogens (tertiary/aromatic N) is 2. The van der Waals surface area contributed by atoms with Gasteiger partial charge in [0, 0.05) is 31.4 Å². The lowest BCUT2D eigenvalue weighted by molar-refractivity contribution is -0.162. The maximum absolute atomic E-state index is 14.4. The molecule has 1 N–H and O–H groups in total. The quantitative estimate of drug-likeness (QED) is 0.284. The maximum Gasteiger partial charge on any atom is 0.303 e. The Hall–Kier alpha value is -3.83. The predicted octanol–water partition coefficient (Wildman–Crippen LogP) is 3.63. The third kappa shape index (κ3) is 8.58. The van der Waals surface area contributed by atoms with Gasteiger partial charge in [-0.1, -0.05) is 25.5 Å². The van der Waals surface area contributed by atoms with Crippen LogP contribution in [-0.2, 0) is 28.6 Å². The largest absolute Gasteiger partial charge is 0.450 e. The van der Waals surface area contributed by atoms with Crippen molar-refractivity contribution in [1.29, 1.82) is 0 Å². The molecular formula is C30H38FN3O7. The molecule has 0 aromatic heterocycles. The molecule has 11 heteroatoms. The lowest BCUT2D eigenvalue weighted by Crippen LogP contribution is -2.45. The smallest absolute Gasteiger partial charge is 0.303 e. The van der Waals surface area contributed by atoms with Crippen molar-refractivity contribution < 1.29 is 37.8 Å². The van der Waals surface area contributed by atoms with Crippen molar-refractivity contribution in [3.63, 3.8) is 0 Å². The highest BCUT2D eigenvalue weighted by Crippen LogP contribution is 2.23. The van der Waals surface area contributed by atoms with Gasteiger partial charge in [-0.2, -0.15) is 0 Å². The van der Waals surface area contributed by atoms with Crippen LogP contribution in [-0.4, -0.2) is 74.3 Å². The number of hydrogen-bond donors (Lipinski definition) is 1. The first-order valence-corrected chi connectivity index (χ1v) is 13.8. The molecule has 1 aliphatic carbocycles. The van der Waals surface area contributed by atoms with Crippen LogP contribution in [0.3, 0.4) is 0 Å². The molecule has 1 aromatic rings. The zero-order valence-electron chi connectivity index (χ0n) is 24.0. The van der Waals surface area contributed by atoms with Gasteiger partial charge in [-0.3, -0.25) is 19.2 Å². The van der Waals surface area contributed by atoms with Crippen LogP contribution in [0.1, 0.15) is 57.3 Å². The Bertz CT molecular complexity index is 1220. The molecule has 10 nitrogen and oxygen atoms in total. The summed E-state index contributed by atoms with van der Waals surface area (Å²) in [5.41, 5.74) is 3.16. The van der Waals surface area contributed by atoms with E-state index in [4.69, 9.17) is 14.2 Å². The van der Waals surface area contributed by atoms with Crippen LogP contribution >= 0.6 is 0 Å². The summed E-state index contributed by atoms with van der Waals surface area (Å²) in [6.45, 7) is 7.76. The minimum Gasteiger partial charge on any atom is -0.450 e. The highest BCUT2D eigenvalue weighted by atomic mass is 19.1. The van der Waals surface area contributed by atoms with Crippen LogP contribution in [0.4, 0.5) is 10.1 Å². The molecule has 0 spiro atoms. The fourth-order valence-corrected chi connectivity index (χ4v) is 4.62. The second kappa shape index (κ2) is 15.2. The van der Waals surface area contributed by atoms with Gasteiger partial charge >= 0.3 is 5.97 Å². The number of ether oxygens (including phenoxy) is 3. The Labute approximate surface area is 239 Å². The van der Waals surface area contributed by atoms with E-state index in [9.17, 15) is 23.6 Å². The van der Waals surface area contributed by atoms with Gasteiger partial charge in [0.2, 0.25) is 12.5 Å². The van der Waals surface area contributed by atoms with Crippen molar-refractivity contribution in [1.82, 2.24) is 10.2 Å². The number of rotatable bonds is 13. The third-order valence-electron chi connectivity index (χ3n) is 6.89. The Balaban J connectivity index is 1.65. The number of carbonyl (C=O) groups is 4. The van der Waals surface area contributed by atoms with E-state index in [0.29, 0.717) is 30.9 Å². The highest BCUT2D eigenvalue weighted by molar-refractivity contribution is 5.96. The van der Waals surface area contributed by atoms with Crippen molar-refractivity contribution in [2.75, 3.05) is 37.9 Å². The standard InChI is InChI=1S/C30H38FN3O7/c1-5-22-8-7-9-24(16-23(22)6-2)32-29(37)28(41-21(4)36)20(3)40-15-13-33(18-35)25-10-11-27(31)26(17-25)30(38)34-12-14-39-19-34/h7,9-11,16-18,20,28H,5-6,8,12-15,19H2,1-4H3,(H,32,37). The van der Waals surface area contributed by atoms with E-state index in [2.05, 4.69) is 19.2 Å². The van der Waals surface area contributed by atoms with Gasteiger partial charge in [-0.25, -0.2) is 4.39 Å². The van der Waals surface area contributed by atoms with Gasteiger partial charge in [-0.15, -0.1) is 0 Å². The molecule has 2 atom stereocenters. The van der Waals surface area contributed by atoms with Gasteiger partial charge in [0.25, 0.3) is 11.8 Å². The molecule has 0 radical (unpaired) electrons. The van der Waals surface area contributed by atoms with Crippen LogP contribution in [0.25, 0.3) is 0 Å². The Kier molecular flexibility index (Phi) is 11.8. The lowest BCUT2D eigenvalue weighted by Gasteiger charge is -2.25.